The minimum absolute atomic E-state index is 0.00284. The van der Waals surface area contributed by atoms with Gasteiger partial charge in [-0.25, -0.2) is 4.79 Å². The monoisotopic (exact) mass is 404 g/mol. The molecule has 28 heavy (non-hydrogen) atoms. The second-order valence-corrected chi connectivity index (χ2v) is 6.89. The lowest BCUT2D eigenvalue weighted by molar-refractivity contribution is -0.384. The van der Waals surface area contributed by atoms with Crippen molar-refractivity contribution in [2.75, 3.05) is 11.9 Å². The van der Waals surface area contributed by atoms with Gasteiger partial charge in [0, 0.05) is 24.2 Å². The number of nitrogens with zero attached hydrogens (tertiary/aromatic N) is 1. The Bertz CT molecular complexity index is 904. The molecule has 0 fully saturated rings. The number of halogens is 1. The van der Waals surface area contributed by atoms with E-state index in [0.717, 1.165) is 28.4 Å². The van der Waals surface area contributed by atoms with Crippen LogP contribution in [0.15, 0.2) is 30.3 Å². The number of hydrogen-bond donors (Lipinski definition) is 1. The number of carbonyl (C=O) groups excluding carboxylic acids is 2. The van der Waals surface area contributed by atoms with E-state index >= 15 is 0 Å². The maximum absolute atomic E-state index is 12.1. The van der Waals surface area contributed by atoms with E-state index in [9.17, 15) is 19.7 Å². The van der Waals surface area contributed by atoms with Crippen LogP contribution in [0.3, 0.4) is 0 Å². The number of hydrogen-bond acceptors (Lipinski definition) is 5. The molecule has 0 radical (unpaired) electrons. The first-order valence-electron chi connectivity index (χ1n) is 8.68. The first-order valence-corrected chi connectivity index (χ1v) is 9.05. The van der Waals surface area contributed by atoms with Crippen molar-refractivity contribution in [2.24, 2.45) is 0 Å². The van der Waals surface area contributed by atoms with Crippen LogP contribution in [0.2, 0.25) is 5.02 Å². The van der Waals surface area contributed by atoms with Gasteiger partial charge < -0.3 is 10.1 Å². The summed E-state index contributed by atoms with van der Waals surface area (Å²) >= 11 is 5.90. The smallest absolute Gasteiger partial charge is 0.339 e. The summed E-state index contributed by atoms with van der Waals surface area (Å²) in [5.74, 6) is -0.946. The van der Waals surface area contributed by atoms with E-state index < -0.39 is 10.9 Å². The fourth-order valence-corrected chi connectivity index (χ4v) is 3.03. The zero-order valence-corrected chi connectivity index (χ0v) is 16.6. The van der Waals surface area contributed by atoms with Gasteiger partial charge >= 0.3 is 5.97 Å². The molecule has 0 saturated heterocycles. The van der Waals surface area contributed by atoms with E-state index in [1.165, 1.54) is 12.1 Å². The summed E-state index contributed by atoms with van der Waals surface area (Å²) < 4.78 is 5.08. The van der Waals surface area contributed by atoms with Crippen molar-refractivity contribution in [2.45, 2.75) is 33.6 Å². The third-order valence-corrected chi connectivity index (χ3v) is 4.43. The van der Waals surface area contributed by atoms with Gasteiger partial charge in [0.25, 0.3) is 5.69 Å². The minimum atomic E-state index is -0.765. The van der Waals surface area contributed by atoms with Crippen LogP contribution in [0.4, 0.5) is 11.4 Å². The molecule has 148 valence electrons. The Hall–Kier alpha value is -2.93. The number of nitro benzene ring substituents is 1. The number of nitro groups is 1. The van der Waals surface area contributed by atoms with Gasteiger partial charge in [-0.2, -0.15) is 0 Å². The molecular weight excluding hydrogens is 384 g/mol. The largest absolute Gasteiger partial charge is 0.462 e. The van der Waals surface area contributed by atoms with E-state index in [1.807, 2.05) is 32.9 Å². The number of non-ortho nitro benzene ring substituents is 1. The van der Waals surface area contributed by atoms with E-state index in [2.05, 4.69) is 5.32 Å². The highest BCUT2D eigenvalue weighted by atomic mass is 35.5. The highest BCUT2D eigenvalue weighted by molar-refractivity contribution is 6.33. The van der Waals surface area contributed by atoms with Crippen LogP contribution < -0.4 is 5.32 Å². The van der Waals surface area contributed by atoms with Crippen molar-refractivity contribution < 1.29 is 19.2 Å². The van der Waals surface area contributed by atoms with Crippen molar-refractivity contribution in [1.82, 2.24) is 0 Å². The number of nitrogens with one attached hydrogen (secondary N) is 1. The Morgan fingerprint density at radius 2 is 1.79 bits per heavy atom. The number of esters is 1. The molecule has 0 atom stereocenters. The van der Waals surface area contributed by atoms with Gasteiger partial charge in [-0.05, 0) is 44.4 Å². The fraction of sp³-hybridized carbons (Fsp3) is 0.300. The van der Waals surface area contributed by atoms with Gasteiger partial charge in [-0.1, -0.05) is 29.3 Å². The molecule has 8 heteroatoms. The van der Waals surface area contributed by atoms with Gasteiger partial charge in [0.2, 0.25) is 5.91 Å². The van der Waals surface area contributed by atoms with Crippen molar-refractivity contribution in [3.05, 3.63) is 67.7 Å². The summed E-state index contributed by atoms with van der Waals surface area (Å²) in [5, 5.41) is 13.8. The predicted octanol–water partition coefficient (Wildman–Crippen LogP) is 4.75. The second kappa shape index (κ2) is 9.32. The number of anilines is 1. The molecule has 0 aliphatic rings. The Morgan fingerprint density at radius 3 is 2.39 bits per heavy atom. The van der Waals surface area contributed by atoms with E-state index in [0.29, 0.717) is 6.42 Å². The van der Waals surface area contributed by atoms with E-state index in [1.54, 1.807) is 0 Å². The fourth-order valence-electron chi connectivity index (χ4n) is 2.84. The Labute approximate surface area is 167 Å². The molecule has 0 spiro atoms. The van der Waals surface area contributed by atoms with Crippen LogP contribution in [-0.2, 0) is 9.53 Å². The molecule has 0 unspecified atom stereocenters. The maximum atomic E-state index is 12.1. The normalized spacial score (nSPS) is 10.4. The molecular formula is C20H21ClN2O5. The van der Waals surface area contributed by atoms with Crippen LogP contribution in [0.5, 0.6) is 0 Å². The van der Waals surface area contributed by atoms with E-state index in [4.69, 9.17) is 16.3 Å². The summed E-state index contributed by atoms with van der Waals surface area (Å²) in [5.41, 5.74) is 3.55. The van der Waals surface area contributed by atoms with E-state index in [-0.39, 0.29) is 35.2 Å². The molecule has 2 aromatic rings. The highest BCUT2D eigenvalue weighted by Gasteiger charge is 2.17. The summed E-state index contributed by atoms with van der Waals surface area (Å²) in [6.07, 6.45) is 0.483. The van der Waals surface area contributed by atoms with Crippen molar-refractivity contribution >= 4 is 34.9 Å². The topological polar surface area (TPSA) is 98.5 Å². The maximum Gasteiger partial charge on any atom is 0.339 e. The lowest BCUT2D eigenvalue weighted by atomic mass is 10.0. The minimum Gasteiger partial charge on any atom is -0.462 e. The summed E-state index contributed by atoms with van der Waals surface area (Å²) in [7, 11) is 0. The second-order valence-electron chi connectivity index (χ2n) is 6.48. The molecule has 1 amide bonds. The lowest BCUT2D eigenvalue weighted by Crippen LogP contribution is -2.15. The van der Waals surface area contributed by atoms with Crippen LogP contribution in [0.25, 0.3) is 0 Å². The molecule has 7 nitrogen and oxygen atoms in total. The Kier molecular flexibility index (Phi) is 7.12. The molecule has 0 aliphatic heterocycles. The van der Waals surface area contributed by atoms with Crippen molar-refractivity contribution in [3.63, 3.8) is 0 Å². The molecule has 0 aromatic heterocycles. The van der Waals surface area contributed by atoms with Gasteiger partial charge in [0.15, 0.2) is 0 Å². The molecule has 2 aromatic carbocycles. The third kappa shape index (κ3) is 5.53. The molecule has 2 rings (SSSR count). The number of carbonyl (C=O) groups is 2. The van der Waals surface area contributed by atoms with Crippen LogP contribution in [-0.4, -0.2) is 23.4 Å². The molecule has 0 bridgehead atoms. The number of aryl methyl sites for hydroxylation is 3. The molecule has 0 aliphatic carbocycles. The zero-order valence-electron chi connectivity index (χ0n) is 15.9. The van der Waals surface area contributed by atoms with Crippen molar-refractivity contribution in [1.29, 1.82) is 0 Å². The quantitative estimate of drug-likeness (QED) is 0.311. The van der Waals surface area contributed by atoms with Crippen LogP contribution >= 0.6 is 11.6 Å². The summed E-state index contributed by atoms with van der Waals surface area (Å²) in [4.78, 5) is 34.4. The number of benzene rings is 2. The van der Waals surface area contributed by atoms with Gasteiger partial charge in [-0.3, -0.25) is 14.9 Å². The summed E-state index contributed by atoms with van der Waals surface area (Å²) in [6.45, 7) is 5.85. The first kappa shape index (κ1) is 21.4. The van der Waals surface area contributed by atoms with Crippen LogP contribution in [0.1, 0.15) is 39.9 Å². The van der Waals surface area contributed by atoms with Crippen molar-refractivity contribution in [3.8, 4) is 0 Å². The standard InChI is InChI=1S/C20H21ClN2O5/c1-12-9-13(2)19(14(3)10-12)22-18(24)5-4-8-28-20(25)16-11-15(23(26)27)6-7-17(16)21/h6-7,9-11H,4-5,8H2,1-3H3,(H,22,24). The number of ether oxygens (including phenoxy) is 1. The summed E-state index contributed by atoms with van der Waals surface area (Å²) in [6, 6.07) is 7.54. The average molecular weight is 405 g/mol. The number of amides is 1. The highest BCUT2D eigenvalue weighted by Crippen LogP contribution is 2.23. The lowest BCUT2D eigenvalue weighted by Gasteiger charge is -2.13. The number of rotatable bonds is 7. The third-order valence-electron chi connectivity index (χ3n) is 4.10. The molecule has 0 saturated carbocycles. The predicted molar refractivity (Wildman–Crippen MR) is 107 cm³/mol. The Balaban J connectivity index is 1.86. The average Bonchev–Trinajstić information content (AvgIpc) is 2.61. The van der Waals surface area contributed by atoms with Crippen LogP contribution in [0, 0.1) is 30.9 Å². The van der Waals surface area contributed by atoms with Gasteiger partial charge in [0.05, 0.1) is 22.1 Å². The van der Waals surface area contributed by atoms with Gasteiger partial charge in [-0.15, -0.1) is 0 Å². The first-order chi connectivity index (χ1) is 13.2. The Morgan fingerprint density at radius 1 is 1.14 bits per heavy atom. The van der Waals surface area contributed by atoms with Gasteiger partial charge in [0.1, 0.15) is 0 Å². The zero-order chi connectivity index (χ0) is 20.8. The molecule has 0 heterocycles. The molecule has 1 N–H and O–H groups in total. The SMILES string of the molecule is Cc1cc(C)c(NC(=O)CCCOC(=O)c2cc([N+](=O)[O-])ccc2Cl)c(C)c1.